The quantitative estimate of drug-likeness (QED) is 0.673. The maximum absolute atomic E-state index is 5.87. The summed E-state index contributed by atoms with van der Waals surface area (Å²) in [6.07, 6.45) is 0. The van der Waals surface area contributed by atoms with Crippen molar-refractivity contribution in [1.29, 1.82) is 0 Å². The van der Waals surface area contributed by atoms with Gasteiger partial charge in [0.05, 0.1) is 7.11 Å². The molecule has 122 valence electrons. The topological polar surface area (TPSA) is 30.5 Å². The number of hydrogen-bond acceptors (Lipinski definition) is 3. The smallest absolute Gasteiger partial charge is 0.120 e. The van der Waals surface area contributed by atoms with Crippen LogP contribution >= 0.6 is 0 Å². The molecular weight excluding hydrogens is 298 g/mol. The van der Waals surface area contributed by atoms with E-state index in [2.05, 4.69) is 29.6 Å². The van der Waals surface area contributed by atoms with Gasteiger partial charge >= 0.3 is 0 Å². The van der Waals surface area contributed by atoms with Gasteiger partial charge in [0.15, 0.2) is 0 Å². The molecule has 0 bridgehead atoms. The van der Waals surface area contributed by atoms with Gasteiger partial charge in [-0.05, 0) is 47.5 Å². The lowest BCUT2D eigenvalue weighted by molar-refractivity contribution is 0.306. The Bertz CT molecular complexity index is 754. The standard InChI is InChI=1S/C21H21NO2/c1-23-20-12-10-19(11-13-20)22-15-18-8-5-9-21(14-18)24-16-17-6-3-2-4-7-17/h2-14,22H,15-16H2,1H3. The summed E-state index contributed by atoms with van der Waals surface area (Å²) in [4.78, 5) is 0. The molecule has 0 spiro atoms. The average Bonchev–Trinajstić information content (AvgIpc) is 2.66. The zero-order chi connectivity index (χ0) is 16.6. The first-order valence-electron chi connectivity index (χ1n) is 7.97. The van der Waals surface area contributed by atoms with E-state index in [0.717, 1.165) is 23.7 Å². The fourth-order valence-corrected chi connectivity index (χ4v) is 2.40. The molecule has 0 saturated heterocycles. The molecule has 0 saturated carbocycles. The fourth-order valence-electron chi connectivity index (χ4n) is 2.40. The Kier molecular flexibility index (Phi) is 5.36. The number of methoxy groups -OCH3 is 1. The van der Waals surface area contributed by atoms with E-state index in [-0.39, 0.29) is 0 Å². The highest BCUT2D eigenvalue weighted by molar-refractivity contribution is 5.47. The first kappa shape index (κ1) is 15.9. The minimum atomic E-state index is 0.580. The van der Waals surface area contributed by atoms with Crippen molar-refractivity contribution in [3.63, 3.8) is 0 Å². The normalized spacial score (nSPS) is 10.2. The Balaban J connectivity index is 1.56. The highest BCUT2D eigenvalue weighted by Crippen LogP contribution is 2.18. The molecule has 3 nitrogen and oxygen atoms in total. The molecule has 3 aromatic carbocycles. The van der Waals surface area contributed by atoms with Crippen LogP contribution in [0.3, 0.4) is 0 Å². The van der Waals surface area contributed by atoms with Gasteiger partial charge in [0, 0.05) is 12.2 Å². The summed E-state index contributed by atoms with van der Waals surface area (Å²) in [7, 11) is 1.67. The summed E-state index contributed by atoms with van der Waals surface area (Å²) in [6.45, 7) is 1.32. The lowest BCUT2D eigenvalue weighted by Gasteiger charge is -2.10. The van der Waals surface area contributed by atoms with Gasteiger partial charge in [0.25, 0.3) is 0 Å². The Morgan fingerprint density at radius 2 is 1.50 bits per heavy atom. The molecule has 0 heterocycles. The zero-order valence-electron chi connectivity index (χ0n) is 13.7. The molecular formula is C21H21NO2. The van der Waals surface area contributed by atoms with Crippen molar-refractivity contribution in [1.82, 2.24) is 0 Å². The largest absolute Gasteiger partial charge is 0.497 e. The molecule has 1 N–H and O–H groups in total. The van der Waals surface area contributed by atoms with E-state index in [0.29, 0.717) is 6.61 Å². The number of ether oxygens (including phenoxy) is 2. The van der Waals surface area contributed by atoms with Crippen LogP contribution in [-0.2, 0) is 13.2 Å². The molecule has 0 atom stereocenters. The van der Waals surface area contributed by atoms with Gasteiger partial charge in [-0.2, -0.15) is 0 Å². The maximum Gasteiger partial charge on any atom is 0.120 e. The SMILES string of the molecule is COc1ccc(NCc2cccc(OCc3ccccc3)c2)cc1. The van der Waals surface area contributed by atoms with Crippen molar-refractivity contribution in [2.45, 2.75) is 13.2 Å². The second-order valence-corrected chi connectivity index (χ2v) is 5.50. The van der Waals surface area contributed by atoms with Crippen LogP contribution in [0.15, 0.2) is 78.9 Å². The van der Waals surface area contributed by atoms with Crippen LogP contribution in [-0.4, -0.2) is 7.11 Å². The van der Waals surface area contributed by atoms with Crippen molar-refractivity contribution in [2.24, 2.45) is 0 Å². The van der Waals surface area contributed by atoms with E-state index < -0.39 is 0 Å². The first-order chi connectivity index (χ1) is 11.8. The van der Waals surface area contributed by atoms with Gasteiger partial charge in [-0.1, -0.05) is 42.5 Å². The molecule has 3 rings (SSSR count). The van der Waals surface area contributed by atoms with Gasteiger partial charge in [-0.25, -0.2) is 0 Å². The zero-order valence-corrected chi connectivity index (χ0v) is 13.7. The number of benzene rings is 3. The molecule has 3 heteroatoms. The van der Waals surface area contributed by atoms with Gasteiger partial charge < -0.3 is 14.8 Å². The lowest BCUT2D eigenvalue weighted by atomic mass is 10.2. The molecule has 0 aliphatic rings. The lowest BCUT2D eigenvalue weighted by Crippen LogP contribution is -2.00. The predicted octanol–water partition coefficient (Wildman–Crippen LogP) is 4.89. The third-order valence-electron chi connectivity index (χ3n) is 3.73. The molecule has 0 radical (unpaired) electrons. The van der Waals surface area contributed by atoms with E-state index in [4.69, 9.17) is 9.47 Å². The monoisotopic (exact) mass is 319 g/mol. The second-order valence-electron chi connectivity index (χ2n) is 5.50. The van der Waals surface area contributed by atoms with Crippen molar-refractivity contribution in [3.05, 3.63) is 90.0 Å². The molecule has 0 fully saturated rings. The van der Waals surface area contributed by atoms with E-state index in [1.54, 1.807) is 7.11 Å². The Hall–Kier alpha value is -2.94. The fraction of sp³-hybridized carbons (Fsp3) is 0.143. The van der Waals surface area contributed by atoms with Crippen molar-refractivity contribution in [2.75, 3.05) is 12.4 Å². The predicted molar refractivity (Wildman–Crippen MR) is 97.5 cm³/mol. The van der Waals surface area contributed by atoms with E-state index in [9.17, 15) is 0 Å². The molecule has 0 amide bonds. The first-order valence-corrected chi connectivity index (χ1v) is 7.97. The summed E-state index contributed by atoms with van der Waals surface area (Å²) in [5.74, 6) is 1.74. The van der Waals surface area contributed by atoms with Crippen molar-refractivity contribution in [3.8, 4) is 11.5 Å². The Morgan fingerprint density at radius 1 is 0.750 bits per heavy atom. The van der Waals surface area contributed by atoms with Crippen LogP contribution in [0.5, 0.6) is 11.5 Å². The van der Waals surface area contributed by atoms with Gasteiger partial charge in [-0.3, -0.25) is 0 Å². The molecule has 3 aromatic rings. The van der Waals surface area contributed by atoms with Crippen LogP contribution in [0.25, 0.3) is 0 Å². The van der Waals surface area contributed by atoms with E-state index in [1.165, 1.54) is 11.1 Å². The maximum atomic E-state index is 5.87. The van der Waals surface area contributed by atoms with Gasteiger partial charge in [0.2, 0.25) is 0 Å². The Morgan fingerprint density at radius 3 is 2.25 bits per heavy atom. The van der Waals surface area contributed by atoms with Crippen molar-refractivity contribution >= 4 is 5.69 Å². The number of nitrogens with one attached hydrogen (secondary N) is 1. The van der Waals surface area contributed by atoms with E-state index in [1.807, 2.05) is 54.6 Å². The third kappa shape index (κ3) is 4.53. The summed E-state index contributed by atoms with van der Waals surface area (Å²) in [5.41, 5.74) is 3.40. The minimum Gasteiger partial charge on any atom is -0.497 e. The van der Waals surface area contributed by atoms with Crippen molar-refractivity contribution < 1.29 is 9.47 Å². The second kappa shape index (κ2) is 8.06. The van der Waals surface area contributed by atoms with Crippen LogP contribution in [0.4, 0.5) is 5.69 Å². The van der Waals surface area contributed by atoms with Crippen LogP contribution < -0.4 is 14.8 Å². The van der Waals surface area contributed by atoms with Gasteiger partial charge in [-0.15, -0.1) is 0 Å². The summed E-state index contributed by atoms with van der Waals surface area (Å²) in [6, 6.07) is 26.3. The number of anilines is 1. The van der Waals surface area contributed by atoms with E-state index >= 15 is 0 Å². The highest BCUT2D eigenvalue weighted by Gasteiger charge is 1.99. The third-order valence-corrected chi connectivity index (χ3v) is 3.73. The van der Waals surface area contributed by atoms with Crippen LogP contribution in [0, 0.1) is 0 Å². The average molecular weight is 319 g/mol. The minimum absolute atomic E-state index is 0.580. The number of rotatable bonds is 7. The molecule has 0 aliphatic carbocycles. The highest BCUT2D eigenvalue weighted by atomic mass is 16.5. The van der Waals surface area contributed by atoms with Crippen LogP contribution in [0.1, 0.15) is 11.1 Å². The molecule has 0 aromatic heterocycles. The molecule has 24 heavy (non-hydrogen) atoms. The summed E-state index contributed by atoms with van der Waals surface area (Å²) < 4.78 is 11.0. The van der Waals surface area contributed by atoms with Gasteiger partial charge in [0.1, 0.15) is 18.1 Å². The summed E-state index contributed by atoms with van der Waals surface area (Å²) >= 11 is 0. The summed E-state index contributed by atoms with van der Waals surface area (Å²) in [5, 5.41) is 3.40. The number of hydrogen-bond donors (Lipinski definition) is 1. The molecule has 0 unspecified atom stereocenters. The molecule has 0 aliphatic heterocycles. The Labute approximate surface area is 142 Å². The van der Waals surface area contributed by atoms with Crippen LogP contribution in [0.2, 0.25) is 0 Å².